The van der Waals surface area contributed by atoms with E-state index in [1.165, 1.54) is 6.92 Å². The van der Waals surface area contributed by atoms with Gasteiger partial charge in [-0.2, -0.15) is 0 Å². The van der Waals surface area contributed by atoms with Gasteiger partial charge in [0.25, 0.3) is 0 Å². The van der Waals surface area contributed by atoms with Crippen LogP contribution >= 0.6 is 15.9 Å². The van der Waals surface area contributed by atoms with E-state index in [4.69, 9.17) is 5.11 Å². The van der Waals surface area contributed by atoms with Crippen molar-refractivity contribution in [1.29, 1.82) is 0 Å². The Morgan fingerprint density at radius 2 is 1.80 bits per heavy atom. The molecule has 2 unspecified atom stereocenters. The van der Waals surface area contributed by atoms with Crippen LogP contribution < -0.4 is 0 Å². The molecule has 1 rings (SSSR count). The molecule has 2 atom stereocenters. The van der Waals surface area contributed by atoms with Gasteiger partial charge in [-0.15, -0.1) is 0 Å². The SMILES string of the molecule is CC(C(=O)O)C(Br)C(=O)c1ccccc1. The summed E-state index contributed by atoms with van der Waals surface area (Å²) in [5.41, 5.74) is 0.521. The van der Waals surface area contributed by atoms with Crippen LogP contribution in [0.5, 0.6) is 0 Å². The largest absolute Gasteiger partial charge is 0.481 e. The summed E-state index contributed by atoms with van der Waals surface area (Å²) >= 11 is 3.12. The first-order valence-corrected chi connectivity index (χ1v) is 5.41. The molecule has 0 aliphatic carbocycles. The number of aliphatic carboxylic acids is 1. The van der Waals surface area contributed by atoms with Crippen molar-refractivity contribution >= 4 is 27.7 Å². The van der Waals surface area contributed by atoms with Gasteiger partial charge in [0.05, 0.1) is 10.7 Å². The first-order chi connectivity index (χ1) is 7.04. The molecule has 0 saturated heterocycles. The van der Waals surface area contributed by atoms with E-state index in [9.17, 15) is 9.59 Å². The first-order valence-electron chi connectivity index (χ1n) is 4.50. The fourth-order valence-corrected chi connectivity index (χ4v) is 1.60. The third-order valence-corrected chi connectivity index (χ3v) is 3.35. The van der Waals surface area contributed by atoms with Crippen LogP contribution in [0.25, 0.3) is 0 Å². The fraction of sp³-hybridized carbons (Fsp3) is 0.273. The topological polar surface area (TPSA) is 54.4 Å². The Bertz CT molecular complexity index is 361. The van der Waals surface area contributed by atoms with Gasteiger partial charge in [0.15, 0.2) is 5.78 Å². The molecule has 80 valence electrons. The van der Waals surface area contributed by atoms with Crippen molar-refractivity contribution in [3.63, 3.8) is 0 Å². The van der Waals surface area contributed by atoms with Crippen molar-refractivity contribution in [2.75, 3.05) is 0 Å². The smallest absolute Gasteiger partial charge is 0.307 e. The second-order valence-electron chi connectivity index (χ2n) is 3.26. The van der Waals surface area contributed by atoms with E-state index < -0.39 is 16.7 Å². The van der Waals surface area contributed by atoms with E-state index in [1.807, 2.05) is 0 Å². The Hall–Kier alpha value is -1.16. The van der Waals surface area contributed by atoms with Crippen molar-refractivity contribution in [1.82, 2.24) is 0 Å². The van der Waals surface area contributed by atoms with Crippen LogP contribution in [0.4, 0.5) is 0 Å². The molecule has 0 aliphatic rings. The predicted octanol–water partition coefficient (Wildman–Crippen LogP) is 2.35. The maximum Gasteiger partial charge on any atom is 0.307 e. The fourth-order valence-electron chi connectivity index (χ4n) is 1.11. The van der Waals surface area contributed by atoms with Gasteiger partial charge in [-0.25, -0.2) is 0 Å². The Balaban J connectivity index is 2.82. The Kier molecular flexibility index (Phi) is 4.03. The highest BCUT2D eigenvalue weighted by molar-refractivity contribution is 9.10. The standard InChI is InChI=1S/C11H11BrO3/c1-7(11(14)15)9(12)10(13)8-5-3-2-4-6-8/h2-7,9H,1H3,(H,14,15). The Morgan fingerprint density at radius 3 is 2.27 bits per heavy atom. The number of benzene rings is 1. The zero-order valence-electron chi connectivity index (χ0n) is 8.18. The summed E-state index contributed by atoms with van der Waals surface area (Å²) in [6, 6.07) is 8.65. The van der Waals surface area contributed by atoms with Crippen molar-refractivity contribution < 1.29 is 14.7 Å². The summed E-state index contributed by atoms with van der Waals surface area (Å²) < 4.78 is 0. The lowest BCUT2D eigenvalue weighted by Gasteiger charge is -2.12. The molecule has 0 aliphatic heterocycles. The monoisotopic (exact) mass is 270 g/mol. The quantitative estimate of drug-likeness (QED) is 0.675. The molecule has 3 nitrogen and oxygen atoms in total. The van der Waals surface area contributed by atoms with Gasteiger partial charge in [-0.05, 0) is 0 Å². The molecular weight excluding hydrogens is 260 g/mol. The summed E-state index contributed by atoms with van der Waals surface area (Å²) in [5.74, 6) is -1.93. The van der Waals surface area contributed by atoms with Crippen LogP contribution in [0.2, 0.25) is 0 Å². The number of alkyl halides is 1. The maximum atomic E-state index is 11.8. The van der Waals surface area contributed by atoms with E-state index in [0.717, 1.165) is 0 Å². The minimum atomic E-state index is -0.985. The average molecular weight is 271 g/mol. The van der Waals surface area contributed by atoms with Gasteiger partial charge in [-0.1, -0.05) is 53.2 Å². The lowest BCUT2D eigenvalue weighted by atomic mass is 10.00. The number of carbonyl (C=O) groups excluding carboxylic acids is 1. The second-order valence-corrected chi connectivity index (χ2v) is 4.25. The average Bonchev–Trinajstić information content (AvgIpc) is 2.27. The number of hydrogen-bond donors (Lipinski definition) is 1. The maximum absolute atomic E-state index is 11.8. The van der Waals surface area contributed by atoms with Crippen molar-refractivity contribution in [3.05, 3.63) is 35.9 Å². The lowest BCUT2D eigenvalue weighted by molar-refractivity contribution is -0.140. The summed E-state index contributed by atoms with van der Waals surface area (Å²) in [5, 5.41) is 8.77. The Labute approximate surface area is 96.2 Å². The van der Waals surface area contributed by atoms with Crippen molar-refractivity contribution in [2.24, 2.45) is 5.92 Å². The zero-order valence-corrected chi connectivity index (χ0v) is 9.77. The molecule has 0 radical (unpaired) electrons. The van der Waals surface area contributed by atoms with Gasteiger partial charge in [0, 0.05) is 5.56 Å². The van der Waals surface area contributed by atoms with Gasteiger partial charge < -0.3 is 5.11 Å². The molecule has 1 aromatic carbocycles. The van der Waals surface area contributed by atoms with Gasteiger partial charge in [0.2, 0.25) is 0 Å². The number of ketones is 1. The first kappa shape index (κ1) is 11.9. The molecule has 0 saturated carbocycles. The van der Waals surface area contributed by atoms with Crippen LogP contribution in [-0.2, 0) is 4.79 Å². The highest BCUT2D eigenvalue weighted by Gasteiger charge is 2.27. The van der Waals surface area contributed by atoms with Crippen LogP contribution in [0.1, 0.15) is 17.3 Å². The van der Waals surface area contributed by atoms with Gasteiger partial charge in [-0.3, -0.25) is 9.59 Å². The molecule has 0 fully saturated rings. The van der Waals surface area contributed by atoms with Gasteiger partial charge >= 0.3 is 5.97 Å². The Morgan fingerprint density at radius 1 is 1.27 bits per heavy atom. The molecule has 15 heavy (non-hydrogen) atoms. The normalized spacial score (nSPS) is 14.3. The highest BCUT2D eigenvalue weighted by Crippen LogP contribution is 2.18. The number of rotatable bonds is 4. The molecule has 0 bridgehead atoms. The summed E-state index contributed by atoms with van der Waals surface area (Å²) in [7, 11) is 0. The third-order valence-electron chi connectivity index (χ3n) is 2.14. The number of carbonyl (C=O) groups is 2. The number of Topliss-reactive ketones (excluding diaryl/α,β-unsaturated/α-hetero) is 1. The van der Waals surface area contributed by atoms with Crippen LogP contribution in [0.15, 0.2) is 30.3 Å². The van der Waals surface area contributed by atoms with Gasteiger partial charge in [0.1, 0.15) is 0 Å². The van der Waals surface area contributed by atoms with Crippen LogP contribution in [-0.4, -0.2) is 21.7 Å². The van der Waals surface area contributed by atoms with E-state index in [-0.39, 0.29) is 5.78 Å². The summed E-state index contributed by atoms with van der Waals surface area (Å²) in [4.78, 5) is 21.8. The highest BCUT2D eigenvalue weighted by atomic mass is 79.9. The molecule has 1 N–H and O–H groups in total. The minimum Gasteiger partial charge on any atom is -0.481 e. The number of carboxylic acids is 1. The van der Waals surface area contributed by atoms with E-state index in [0.29, 0.717) is 5.56 Å². The second kappa shape index (κ2) is 5.07. The molecule has 0 heterocycles. The molecule has 0 amide bonds. The van der Waals surface area contributed by atoms with E-state index in [2.05, 4.69) is 15.9 Å². The number of hydrogen-bond acceptors (Lipinski definition) is 2. The molecule has 0 spiro atoms. The minimum absolute atomic E-state index is 0.203. The van der Waals surface area contributed by atoms with Crippen molar-refractivity contribution in [3.8, 4) is 0 Å². The van der Waals surface area contributed by atoms with Crippen LogP contribution in [0.3, 0.4) is 0 Å². The number of halogens is 1. The zero-order chi connectivity index (χ0) is 11.4. The molecular formula is C11H11BrO3. The predicted molar refractivity (Wildman–Crippen MR) is 60.3 cm³/mol. The van der Waals surface area contributed by atoms with E-state index >= 15 is 0 Å². The molecule has 0 aromatic heterocycles. The van der Waals surface area contributed by atoms with Crippen molar-refractivity contribution in [2.45, 2.75) is 11.8 Å². The third kappa shape index (κ3) is 2.89. The van der Waals surface area contributed by atoms with E-state index in [1.54, 1.807) is 30.3 Å². The number of carboxylic acid groups (broad SMARTS) is 1. The summed E-state index contributed by atoms with van der Waals surface area (Å²) in [6.45, 7) is 1.50. The molecule has 4 heteroatoms. The summed E-state index contributed by atoms with van der Waals surface area (Å²) in [6.07, 6.45) is 0. The molecule has 1 aromatic rings. The van der Waals surface area contributed by atoms with Crippen LogP contribution in [0, 0.1) is 5.92 Å². The lowest BCUT2D eigenvalue weighted by Crippen LogP contribution is -2.28.